The Bertz CT molecular complexity index is 1130. The number of para-hydroxylation sites is 1. The average molecular weight is 445 g/mol. The SMILES string of the molecule is O=C(Cc1c[nH]c2ccccc12)NNC(=O)C1CCCN(c2ncccc2C(F)(F)F)C1. The summed E-state index contributed by atoms with van der Waals surface area (Å²) in [5.41, 5.74) is 5.70. The molecule has 0 radical (unpaired) electrons. The molecule has 2 amide bonds. The van der Waals surface area contributed by atoms with E-state index in [0.29, 0.717) is 19.4 Å². The summed E-state index contributed by atoms with van der Waals surface area (Å²) < 4.78 is 40.0. The number of nitrogens with one attached hydrogen (secondary N) is 3. The summed E-state index contributed by atoms with van der Waals surface area (Å²) in [6, 6.07) is 9.79. The number of alkyl halides is 3. The number of rotatable bonds is 4. The van der Waals surface area contributed by atoms with Gasteiger partial charge in [-0.15, -0.1) is 0 Å². The third-order valence-electron chi connectivity index (χ3n) is 5.53. The van der Waals surface area contributed by atoms with Crippen molar-refractivity contribution in [2.45, 2.75) is 25.4 Å². The van der Waals surface area contributed by atoms with E-state index < -0.39 is 23.6 Å². The van der Waals surface area contributed by atoms with E-state index in [-0.39, 0.29) is 24.7 Å². The fourth-order valence-corrected chi connectivity index (χ4v) is 3.98. The molecule has 0 spiro atoms. The molecule has 10 heteroatoms. The molecule has 2 aromatic heterocycles. The summed E-state index contributed by atoms with van der Waals surface area (Å²) in [6.07, 6.45) is -0.363. The maximum absolute atomic E-state index is 13.3. The second-order valence-electron chi connectivity index (χ2n) is 7.73. The minimum absolute atomic E-state index is 0.0734. The van der Waals surface area contributed by atoms with E-state index >= 15 is 0 Å². The molecule has 1 aromatic carbocycles. The first-order chi connectivity index (χ1) is 15.3. The van der Waals surface area contributed by atoms with Gasteiger partial charge in [-0.3, -0.25) is 20.4 Å². The molecule has 7 nitrogen and oxygen atoms in total. The normalized spacial score (nSPS) is 16.7. The molecule has 3 N–H and O–H groups in total. The molecule has 3 aromatic rings. The molecule has 0 bridgehead atoms. The predicted octanol–water partition coefficient (Wildman–Crippen LogP) is 3.19. The van der Waals surface area contributed by atoms with E-state index in [2.05, 4.69) is 20.8 Å². The zero-order chi connectivity index (χ0) is 22.7. The van der Waals surface area contributed by atoms with Gasteiger partial charge >= 0.3 is 6.18 Å². The van der Waals surface area contributed by atoms with E-state index in [1.165, 1.54) is 17.2 Å². The molecule has 32 heavy (non-hydrogen) atoms. The molecule has 168 valence electrons. The van der Waals surface area contributed by atoms with E-state index in [9.17, 15) is 22.8 Å². The minimum Gasteiger partial charge on any atom is -0.361 e. The van der Waals surface area contributed by atoms with Crippen molar-refractivity contribution in [3.05, 3.63) is 59.9 Å². The second kappa shape index (κ2) is 8.89. The van der Waals surface area contributed by atoms with Crippen LogP contribution in [0, 0.1) is 5.92 Å². The fraction of sp³-hybridized carbons (Fsp3) is 0.318. The van der Waals surface area contributed by atoms with Gasteiger partial charge in [0.1, 0.15) is 5.82 Å². The van der Waals surface area contributed by atoms with Gasteiger partial charge in [0.05, 0.1) is 17.9 Å². The summed E-state index contributed by atoms with van der Waals surface area (Å²) >= 11 is 0. The summed E-state index contributed by atoms with van der Waals surface area (Å²) in [5, 5.41) is 0.924. The van der Waals surface area contributed by atoms with Crippen LogP contribution in [-0.4, -0.2) is 34.9 Å². The molecule has 1 aliphatic heterocycles. The molecule has 3 heterocycles. The first-order valence-corrected chi connectivity index (χ1v) is 10.2. The van der Waals surface area contributed by atoms with Gasteiger partial charge in [0.2, 0.25) is 11.8 Å². The lowest BCUT2D eigenvalue weighted by atomic mass is 9.97. The van der Waals surface area contributed by atoms with Gasteiger partial charge in [-0.1, -0.05) is 18.2 Å². The van der Waals surface area contributed by atoms with Gasteiger partial charge in [-0.2, -0.15) is 13.2 Å². The number of fused-ring (bicyclic) bond motifs is 1. The zero-order valence-corrected chi connectivity index (χ0v) is 17.1. The quantitative estimate of drug-likeness (QED) is 0.538. The molecule has 0 saturated carbocycles. The van der Waals surface area contributed by atoms with Crippen molar-refractivity contribution in [2.75, 3.05) is 18.0 Å². The first kappa shape index (κ1) is 21.7. The molecule has 1 saturated heterocycles. The molecule has 1 aliphatic rings. The van der Waals surface area contributed by atoms with Crippen LogP contribution in [0.5, 0.6) is 0 Å². The number of pyridine rings is 1. The molecule has 1 atom stereocenters. The highest BCUT2D eigenvalue weighted by molar-refractivity contribution is 5.90. The van der Waals surface area contributed by atoms with E-state index in [1.54, 1.807) is 6.20 Å². The largest absolute Gasteiger partial charge is 0.419 e. The van der Waals surface area contributed by atoms with Crippen molar-refractivity contribution < 1.29 is 22.8 Å². The van der Waals surface area contributed by atoms with Gasteiger partial charge < -0.3 is 9.88 Å². The van der Waals surface area contributed by atoms with Crippen LogP contribution in [0.15, 0.2) is 48.8 Å². The van der Waals surface area contributed by atoms with Gasteiger partial charge in [0, 0.05) is 36.4 Å². The Morgan fingerprint density at radius 2 is 1.97 bits per heavy atom. The minimum atomic E-state index is -4.53. The summed E-state index contributed by atoms with van der Waals surface area (Å²) in [4.78, 5) is 33.3. The van der Waals surface area contributed by atoms with Gasteiger partial charge in [0.15, 0.2) is 0 Å². The highest BCUT2D eigenvalue weighted by Crippen LogP contribution is 2.36. The number of benzene rings is 1. The van der Waals surface area contributed by atoms with Crippen molar-refractivity contribution in [1.29, 1.82) is 0 Å². The Morgan fingerprint density at radius 3 is 2.78 bits per heavy atom. The van der Waals surface area contributed by atoms with Crippen molar-refractivity contribution in [2.24, 2.45) is 5.92 Å². The lowest BCUT2D eigenvalue weighted by Crippen LogP contribution is -2.49. The van der Waals surface area contributed by atoms with E-state index in [1.807, 2.05) is 24.3 Å². The van der Waals surface area contributed by atoms with Gasteiger partial charge in [0.25, 0.3) is 0 Å². The maximum atomic E-state index is 13.3. The number of nitrogens with zero attached hydrogens (tertiary/aromatic N) is 2. The Hall–Kier alpha value is -3.56. The van der Waals surface area contributed by atoms with E-state index in [4.69, 9.17) is 0 Å². The third-order valence-corrected chi connectivity index (χ3v) is 5.53. The number of carbonyl (C=O) groups is 2. The van der Waals surface area contributed by atoms with Crippen LogP contribution in [0.3, 0.4) is 0 Å². The molecular formula is C22H22F3N5O2. The van der Waals surface area contributed by atoms with Gasteiger partial charge in [-0.25, -0.2) is 4.98 Å². The summed E-state index contributed by atoms with van der Waals surface area (Å²) in [5.74, 6) is -1.58. The fourth-order valence-electron chi connectivity index (χ4n) is 3.98. The van der Waals surface area contributed by atoms with Crippen molar-refractivity contribution >= 4 is 28.5 Å². The number of hydrogen-bond donors (Lipinski definition) is 3. The zero-order valence-electron chi connectivity index (χ0n) is 17.1. The molecule has 0 aliphatic carbocycles. The number of halogens is 3. The second-order valence-corrected chi connectivity index (χ2v) is 7.73. The monoisotopic (exact) mass is 445 g/mol. The Morgan fingerprint density at radius 1 is 1.16 bits per heavy atom. The van der Waals surface area contributed by atoms with Crippen LogP contribution in [-0.2, 0) is 22.2 Å². The highest BCUT2D eigenvalue weighted by Gasteiger charge is 2.37. The number of H-pyrrole nitrogens is 1. The van der Waals surface area contributed by atoms with Gasteiger partial charge in [-0.05, 0) is 36.6 Å². The molecule has 4 rings (SSSR count). The third kappa shape index (κ3) is 4.68. The maximum Gasteiger partial charge on any atom is 0.419 e. The smallest absolute Gasteiger partial charge is 0.361 e. The Labute approximate surface area is 182 Å². The number of carbonyl (C=O) groups excluding carboxylic acids is 2. The van der Waals surface area contributed by atoms with Crippen molar-refractivity contribution in [3.63, 3.8) is 0 Å². The number of aromatic amines is 1. The van der Waals surface area contributed by atoms with Crippen LogP contribution >= 0.6 is 0 Å². The Balaban J connectivity index is 1.35. The summed E-state index contributed by atoms with van der Waals surface area (Å²) in [7, 11) is 0. The van der Waals surface area contributed by atoms with Crippen molar-refractivity contribution in [3.8, 4) is 0 Å². The highest BCUT2D eigenvalue weighted by atomic mass is 19.4. The average Bonchev–Trinajstić information content (AvgIpc) is 3.20. The number of piperidine rings is 1. The number of anilines is 1. The standard InChI is InChI=1S/C22H22F3N5O2/c23-22(24,25)17-7-3-9-26-20(17)30-10-4-5-14(13-30)21(32)29-28-19(31)11-15-12-27-18-8-2-1-6-16(15)18/h1-3,6-9,12,14,27H,4-5,10-11,13H2,(H,28,31)(H,29,32). The van der Waals surface area contributed by atoms with E-state index in [0.717, 1.165) is 22.5 Å². The Kier molecular flexibility index (Phi) is 6.02. The lowest BCUT2D eigenvalue weighted by molar-refractivity contribution is -0.137. The first-order valence-electron chi connectivity index (χ1n) is 10.2. The number of amides is 2. The predicted molar refractivity (Wildman–Crippen MR) is 112 cm³/mol. The topological polar surface area (TPSA) is 90.1 Å². The number of aromatic nitrogens is 2. The van der Waals surface area contributed by atoms with Crippen LogP contribution < -0.4 is 15.8 Å². The van der Waals surface area contributed by atoms with Crippen LogP contribution in [0.1, 0.15) is 24.0 Å². The molecule has 1 unspecified atom stereocenters. The molecular weight excluding hydrogens is 423 g/mol. The van der Waals surface area contributed by atoms with Crippen LogP contribution in [0.25, 0.3) is 10.9 Å². The number of hydrogen-bond acceptors (Lipinski definition) is 4. The molecule has 1 fully saturated rings. The number of hydrazine groups is 1. The summed E-state index contributed by atoms with van der Waals surface area (Å²) in [6.45, 7) is 0.459. The van der Waals surface area contributed by atoms with Crippen LogP contribution in [0.2, 0.25) is 0 Å². The lowest BCUT2D eigenvalue weighted by Gasteiger charge is -2.34. The van der Waals surface area contributed by atoms with Crippen LogP contribution in [0.4, 0.5) is 19.0 Å². The van der Waals surface area contributed by atoms with Crippen molar-refractivity contribution in [1.82, 2.24) is 20.8 Å².